The molecular formula is C13H12BrNO. The van der Waals surface area contributed by atoms with Crippen LogP contribution in [0.25, 0.3) is 0 Å². The fraction of sp³-hybridized carbons (Fsp3) is 0.0769. The molecule has 0 aliphatic carbocycles. The molecule has 0 bridgehead atoms. The van der Waals surface area contributed by atoms with Gasteiger partial charge in [0.25, 0.3) is 0 Å². The number of nitrogens with two attached hydrogens (primary N) is 1. The molecule has 0 saturated carbocycles. The number of benzene rings is 2. The lowest BCUT2D eigenvalue weighted by Crippen LogP contribution is -2.04. The van der Waals surface area contributed by atoms with Crippen molar-refractivity contribution in [2.24, 2.45) is 0 Å². The first-order valence-corrected chi connectivity index (χ1v) is 5.76. The van der Waals surface area contributed by atoms with Crippen LogP contribution in [0.3, 0.4) is 0 Å². The van der Waals surface area contributed by atoms with Crippen LogP contribution in [-0.2, 0) is 0 Å². The van der Waals surface area contributed by atoms with Gasteiger partial charge in [-0.05, 0) is 17.7 Å². The molecule has 0 aliphatic rings. The summed E-state index contributed by atoms with van der Waals surface area (Å²) in [4.78, 5) is 0. The van der Waals surface area contributed by atoms with Gasteiger partial charge in [0, 0.05) is 15.7 Å². The SMILES string of the molecule is Nc1ccccc1C(O)c1ccccc1Br. The fourth-order valence-corrected chi connectivity index (χ4v) is 2.13. The topological polar surface area (TPSA) is 46.2 Å². The van der Waals surface area contributed by atoms with Gasteiger partial charge in [0.1, 0.15) is 6.10 Å². The van der Waals surface area contributed by atoms with Crippen LogP contribution < -0.4 is 5.73 Å². The number of rotatable bonds is 2. The number of anilines is 1. The molecule has 0 aliphatic heterocycles. The number of aliphatic hydroxyl groups is 1. The summed E-state index contributed by atoms with van der Waals surface area (Å²) in [6, 6.07) is 14.9. The molecule has 2 nitrogen and oxygen atoms in total. The standard InChI is InChI=1S/C13H12BrNO/c14-11-7-3-1-5-9(11)13(16)10-6-2-4-8-12(10)15/h1-8,13,16H,15H2. The maximum atomic E-state index is 10.2. The molecule has 2 rings (SSSR count). The van der Waals surface area contributed by atoms with E-state index in [4.69, 9.17) is 5.73 Å². The Balaban J connectivity index is 2.44. The average Bonchev–Trinajstić information content (AvgIpc) is 2.29. The zero-order valence-electron chi connectivity index (χ0n) is 8.60. The molecule has 3 heteroatoms. The highest BCUT2D eigenvalue weighted by Gasteiger charge is 2.14. The van der Waals surface area contributed by atoms with E-state index in [1.807, 2.05) is 42.5 Å². The molecule has 0 spiro atoms. The van der Waals surface area contributed by atoms with Crippen molar-refractivity contribution in [2.75, 3.05) is 5.73 Å². The van der Waals surface area contributed by atoms with Crippen molar-refractivity contribution in [2.45, 2.75) is 6.10 Å². The van der Waals surface area contributed by atoms with Crippen molar-refractivity contribution in [1.82, 2.24) is 0 Å². The summed E-state index contributed by atoms with van der Waals surface area (Å²) in [5.41, 5.74) is 7.99. The number of halogens is 1. The van der Waals surface area contributed by atoms with E-state index in [0.29, 0.717) is 5.69 Å². The van der Waals surface area contributed by atoms with Crippen LogP contribution in [0.2, 0.25) is 0 Å². The molecule has 2 aromatic carbocycles. The Morgan fingerprint density at radius 1 is 0.938 bits per heavy atom. The molecule has 0 amide bonds. The molecule has 0 aromatic heterocycles. The Hall–Kier alpha value is -1.32. The summed E-state index contributed by atoms with van der Waals surface area (Å²) in [6.45, 7) is 0. The van der Waals surface area contributed by atoms with Crippen LogP contribution in [0.15, 0.2) is 53.0 Å². The maximum absolute atomic E-state index is 10.2. The minimum Gasteiger partial charge on any atom is -0.398 e. The highest BCUT2D eigenvalue weighted by atomic mass is 79.9. The van der Waals surface area contributed by atoms with Gasteiger partial charge < -0.3 is 10.8 Å². The smallest absolute Gasteiger partial charge is 0.107 e. The number of hydrogen-bond donors (Lipinski definition) is 2. The minimum atomic E-state index is -0.697. The zero-order valence-corrected chi connectivity index (χ0v) is 10.2. The van der Waals surface area contributed by atoms with Crippen LogP contribution in [-0.4, -0.2) is 5.11 Å². The van der Waals surface area contributed by atoms with E-state index in [2.05, 4.69) is 15.9 Å². The lowest BCUT2D eigenvalue weighted by atomic mass is 10.0. The van der Waals surface area contributed by atoms with Gasteiger partial charge >= 0.3 is 0 Å². The van der Waals surface area contributed by atoms with Gasteiger partial charge in [-0.3, -0.25) is 0 Å². The van der Waals surface area contributed by atoms with E-state index in [9.17, 15) is 5.11 Å². The monoisotopic (exact) mass is 277 g/mol. The normalized spacial score (nSPS) is 12.4. The lowest BCUT2D eigenvalue weighted by molar-refractivity contribution is 0.220. The third-order valence-electron chi connectivity index (χ3n) is 2.49. The highest BCUT2D eigenvalue weighted by Crippen LogP contribution is 2.30. The number of para-hydroxylation sites is 1. The van der Waals surface area contributed by atoms with Crippen molar-refractivity contribution >= 4 is 21.6 Å². The van der Waals surface area contributed by atoms with Crippen molar-refractivity contribution < 1.29 is 5.11 Å². The molecule has 2 aromatic rings. The van der Waals surface area contributed by atoms with Gasteiger partial charge in [0.05, 0.1) is 0 Å². The summed E-state index contributed by atoms with van der Waals surface area (Å²) in [7, 11) is 0. The molecule has 0 saturated heterocycles. The molecule has 82 valence electrons. The third kappa shape index (κ3) is 2.10. The van der Waals surface area contributed by atoms with E-state index in [1.54, 1.807) is 6.07 Å². The average molecular weight is 278 g/mol. The van der Waals surface area contributed by atoms with Crippen LogP contribution >= 0.6 is 15.9 Å². The van der Waals surface area contributed by atoms with Crippen LogP contribution in [0.4, 0.5) is 5.69 Å². The third-order valence-corrected chi connectivity index (χ3v) is 3.21. The van der Waals surface area contributed by atoms with E-state index >= 15 is 0 Å². The summed E-state index contributed by atoms with van der Waals surface area (Å²) in [6.07, 6.45) is -0.697. The Morgan fingerprint density at radius 2 is 1.50 bits per heavy atom. The minimum absolute atomic E-state index is 0.603. The summed E-state index contributed by atoms with van der Waals surface area (Å²) < 4.78 is 0.880. The molecular weight excluding hydrogens is 266 g/mol. The van der Waals surface area contributed by atoms with E-state index in [1.165, 1.54) is 0 Å². The second-order valence-corrected chi connectivity index (χ2v) is 4.41. The van der Waals surface area contributed by atoms with E-state index in [-0.39, 0.29) is 0 Å². The first-order chi connectivity index (χ1) is 7.70. The maximum Gasteiger partial charge on any atom is 0.107 e. The molecule has 0 fully saturated rings. The molecule has 1 atom stereocenters. The Labute approximate surface area is 103 Å². The largest absolute Gasteiger partial charge is 0.398 e. The van der Waals surface area contributed by atoms with Crippen molar-refractivity contribution in [3.05, 3.63) is 64.1 Å². The number of hydrogen-bond acceptors (Lipinski definition) is 2. The Morgan fingerprint density at radius 3 is 2.12 bits per heavy atom. The number of aliphatic hydroxyl groups excluding tert-OH is 1. The molecule has 0 radical (unpaired) electrons. The fourth-order valence-electron chi connectivity index (χ4n) is 1.62. The lowest BCUT2D eigenvalue weighted by Gasteiger charge is -2.15. The van der Waals surface area contributed by atoms with Gasteiger partial charge in [-0.15, -0.1) is 0 Å². The van der Waals surface area contributed by atoms with E-state index < -0.39 is 6.10 Å². The van der Waals surface area contributed by atoms with Crippen molar-refractivity contribution in [1.29, 1.82) is 0 Å². The quantitative estimate of drug-likeness (QED) is 0.829. The molecule has 0 heterocycles. The predicted octanol–water partition coefficient (Wildman–Crippen LogP) is 3.11. The molecule has 3 N–H and O–H groups in total. The zero-order chi connectivity index (χ0) is 11.5. The van der Waals surface area contributed by atoms with Gasteiger partial charge in [-0.25, -0.2) is 0 Å². The van der Waals surface area contributed by atoms with Crippen LogP contribution in [0.1, 0.15) is 17.2 Å². The van der Waals surface area contributed by atoms with Crippen molar-refractivity contribution in [3.63, 3.8) is 0 Å². The van der Waals surface area contributed by atoms with Crippen LogP contribution in [0.5, 0.6) is 0 Å². The molecule has 16 heavy (non-hydrogen) atoms. The second kappa shape index (κ2) is 4.68. The Bertz CT molecular complexity index is 453. The van der Waals surface area contributed by atoms with E-state index in [0.717, 1.165) is 15.6 Å². The predicted molar refractivity (Wildman–Crippen MR) is 69.1 cm³/mol. The summed E-state index contributed by atoms with van der Waals surface area (Å²) in [5, 5.41) is 10.2. The first kappa shape index (κ1) is 11.2. The summed E-state index contributed by atoms with van der Waals surface area (Å²) >= 11 is 3.42. The van der Waals surface area contributed by atoms with Crippen LogP contribution in [0, 0.1) is 0 Å². The van der Waals surface area contributed by atoms with Gasteiger partial charge in [0.2, 0.25) is 0 Å². The number of nitrogen functional groups attached to an aromatic ring is 1. The first-order valence-electron chi connectivity index (χ1n) is 4.97. The van der Waals surface area contributed by atoms with Crippen molar-refractivity contribution in [3.8, 4) is 0 Å². The summed E-state index contributed by atoms with van der Waals surface area (Å²) in [5.74, 6) is 0. The molecule has 1 unspecified atom stereocenters. The highest BCUT2D eigenvalue weighted by molar-refractivity contribution is 9.10. The van der Waals surface area contributed by atoms with Gasteiger partial charge in [-0.1, -0.05) is 52.3 Å². The Kier molecular flexibility index (Phi) is 3.27. The second-order valence-electron chi connectivity index (χ2n) is 3.55. The van der Waals surface area contributed by atoms with Gasteiger partial charge in [0.15, 0.2) is 0 Å². The van der Waals surface area contributed by atoms with Gasteiger partial charge in [-0.2, -0.15) is 0 Å².